The standard InChI is InChI=1S/C18H15F2N3O2/c1-11(12-2-4-13(19)5-3-12)22-17(24)9-23-10-21-16-7-6-14(20)8-15(16)18(23)25/h2-8,10-11H,9H2,1H3,(H,22,24). The molecule has 1 unspecified atom stereocenters. The van der Waals surface area contributed by atoms with Gasteiger partial charge < -0.3 is 5.32 Å². The van der Waals surface area contributed by atoms with Gasteiger partial charge in [0.1, 0.15) is 18.2 Å². The molecular weight excluding hydrogens is 328 g/mol. The van der Waals surface area contributed by atoms with Gasteiger partial charge >= 0.3 is 0 Å². The molecule has 1 aromatic heterocycles. The topological polar surface area (TPSA) is 64.0 Å². The SMILES string of the molecule is CC(NC(=O)Cn1cnc2ccc(F)cc2c1=O)c1ccc(F)cc1. The molecule has 5 nitrogen and oxygen atoms in total. The van der Waals surface area contributed by atoms with E-state index in [1.165, 1.54) is 30.6 Å². The Hall–Kier alpha value is -3.09. The summed E-state index contributed by atoms with van der Waals surface area (Å²) < 4.78 is 27.4. The predicted molar refractivity (Wildman–Crippen MR) is 88.9 cm³/mol. The second-order valence-electron chi connectivity index (χ2n) is 5.68. The minimum atomic E-state index is -0.543. The molecule has 1 amide bonds. The first-order valence-corrected chi connectivity index (χ1v) is 7.63. The first-order chi connectivity index (χ1) is 11.9. The maximum Gasteiger partial charge on any atom is 0.261 e. The summed E-state index contributed by atoms with van der Waals surface area (Å²) in [4.78, 5) is 28.6. The van der Waals surface area contributed by atoms with Gasteiger partial charge in [0.15, 0.2) is 0 Å². The quantitative estimate of drug-likeness (QED) is 0.792. The van der Waals surface area contributed by atoms with Gasteiger partial charge in [0, 0.05) is 0 Å². The van der Waals surface area contributed by atoms with Gasteiger partial charge in [-0.3, -0.25) is 14.2 Å². The summed E-state index contributed by atoms with van der Waals surface area (Å²) in [6, 6.07) is 9.15. The molecule has 3 rings (SSSR count). The molecule has 0 aliphatic rings. The van der Waals surface area contributed by atoms with Gasteiger partial charge in [-0.2, -0.15) is 0 Å². The monoisotopic (exact) mass is 343 g/mol. The molecule has 0 saturated carbocycles. The Morgan fingerprint density at radius 1 is 1.16 bits per heavy atom. The number of benzene rings is 2. The fourth-order valence-electron chi connectivity index (χ4n) is 2.52. The van der Waals surface area contributed by atoms with Crippen molar-refractivity contribution in [1.29, 1.82) is 0 Å². The number of hydrogen-bond donors (Lipinski definition) is 1. The highest BCUT2D eigenvalue weighted by atomic mass is 19.1. The molecule has 1 N–H and O–H groups in total. The molecule has 25 heavy (non-hydrogen) atoms. The lowest BCUT2D eigenvalue weighted by molar-refractivity contribution is -0.122. The van der Waals surface area contributed by atoms with Crippen LogP contribution in [0.5, 0.6) is 0 Å². The van der Waals surface area contributed by atoms with E-state index in [-0.39, 0.29) is 23.8 Å². The molecule has 1 atom stereocenters. The molecule has 0 aliphatic carbocycles. The van der Waals surface area contributed by atoms with E-state index in [0.29, 0.717) is 5.52 Å². The average Bonchev–Trinajstić information content (AvgIpc) is 2.58. The van der Waals surface area contributed by atoms with Gasteiger partial charge in [-0.1, -0.05) is 12.1 Å². The van der Waals surface area contributed by atoms with Crippen molar-refractivity contribution in [3.63, 3.8) is 0 Å². The summed E-state index contributed by atoms with van der Waals surface area (Å²) in [6.07, 6.45) is 1.25. The Balaban J connectivity index is 1.76. The van der Waals surface area contributed by atoms with E-state index in [1.54, 1.807) is 19.1 Å². The highest BCUT2D eigenvalue weighted by molar-refractivity contribution is 5.79. The van der Waals surface area contributed by atoms with E-state index in [1.807, 2.05) is 0 Å². The van der Waals surface area contributed by atoms with Crippen molar-refractivity contribution in [3.8, 4) is 0 Å². The van der Waals surface area contributed by atoms with Crippen LogP contribution in [0.15, 0.2) is 53.6 Å². The van der Waals surface area contributed by atoms with Crippen molar-refractivity contribution in [2.24, 2.45) is 0 Å². The Labute approximate surface area is 141 Å². The molecule has 0 bridgehead atoms. The fourth-order valence-corrected chi connectivity index (χ4v) is 2.52. The van der Waals surface area contributed by atoms with E-state index in [9.17, 15) is 18.4 Å². The molecule has 3 aromatic rings. The van der Waals surface area contributed by atoms with Crippen LogP contribution in [-0.2, 0) is 11.3 Å². The Morgan fingerprint density at radius 3 is 2.56 bits per heavy atom. The molecule has 128 valence electrons. The second-order valence-corrected chi connectivity index (χ2v) is 5.68. The maximum absolute atomic E-state index is 13.3. The number of nitrogens with zero attached hydrogens (tertiary/aromatic N) is 2. The summed E-state index contributed by atoms with van der Waals surface area (Å²) in [5.74, 6) is -1.31. The largest absolute Gasteiger partial charge is 0.348 e. The summed E-state index contributed by atoms with van der Waals surface area (Å²) in [6.45, 7) is 1.51. The summed E-state index contributed by atoms with van der Waals surface area (Å²) in [5.41, 5.74) is 0.609. The van der Waals surface area contributed by atoms with Gasteiger partial charge in [-0.15, -0.1) is 0 Å². The van der Waals surface area contributed by atoms with Crippen LogP contribution in [0.1, 0.15) is 18.5 Å². The van der Waals surface area contributed by atoms with Gasteiger partial charge in [-0.05, 0) is 42.8 Å². The predicted octanol–water partition coefficient (Wildman–Crippen LogP) is 2.55. The van der Waals surface area contributed by atoms with Crippen molar-refractivity contribution in [2.45, 2.75) is 19.5 Å². The third-order valence-corrected chi connectivity index (χ3v) is 3.85. The molecule has 2 aromatic carbocycles. The number of hydrogen-bond acceptors (Lipinski definition) is 3. The van der Waals surface area contributed by atoms with Crippen molar-refractivity contribution in [1.82, 2.24) is 14.9 Å². The third kappa shape index (κ3) is 3.71. The summed E-state index contributed by atoms with van der Waals surface area (Å²) in [5, 5.41) is 2.84. The van der Waals surface area contributed by atoms with Crippen molar-refractivity contribution >= 4 is 16.8 Å². The molecular formula is C18H15F2N3O2. The fraction of sp³-hybridized carbons (Fsp3) is 0.167. The van der Waals surface area contributed by atoms with Crippen molar-refractivity contribution in [2.75, 3.05) is 0 Å². The first kappa shape index (κ1) is 16.8. The molecule has 0 aliphatic heterocycles. The Morgan fingerprint density at radius 2 is 1.84 bits per heavy atom. The molecule has 0 radical (unpaired) electrons. The zero-order valence-electron chi connectivity index (χ0n) is 13.4. The van der Waals surface area contributed by atoms with Crippen LogP contribution in [-0.4, -0.2) is 15.5 Å². The maximum atomic E-state index is 13.3. The Bertz CT molecular complexity index is 984. The smallest absolute Gasteiger partial charge is 0.261 e. The summed E-state index contributed by atoms with van der Waals surface area (Å²) >= 11 is 0. The lowest BCUT2D eigenvalue weighted by atomic mass is 10.1. The number of halogens is 2. The van der Waals surface area contributed by atoms with Crippen LogP contribution in [0.3, 0.4) is 0 Å². The van der Waals surface area contributed by atoms with Crippen molar-refractivity contribution in [3.05, 3.63) is 76.3 Å². The third-order valence-electron chi connectivity index (χ3n) is 3.85. The lowest BCUT2D eigenvalue weighted by Gasteiger charge is -2.15. The highest BCUT2D eigenvalue weighted by Gasteiger charge is 2.12. The zero-order valence-corrected chi connectivity index (χ0v) is 13.4. The number of aromatic nitrogens is 2. The van der Waals surface area contributed by atoms with Crippen LogP contribution in [0.25, 0.3) is 10.9 Å². The average molecular weight is 343 g/mol. The van der Waals surface area contributed by atoms with E-state index in [0.717, 1.165) is 16.2 Å². The van der Waals surface area contributed by atoms with E-state index < -0.39 is 17.3 Å². The van der Waals surface area contributed by atoms with Gasteiger partial charge in [-0.25, -0.2) is 13.8 Å². The molecule has 1 heterocycles. The van der Waals surface area contributed by atoms with E-state index >= 15 is 0 Å². The number of carbonyl (C=O) groups is 1. The first-order valence-electron chi connectivity index (χ1n) is 7.63. The summed E-state index contributed by atoms with van der Waals surface area (Å²) in [7, 11) is 0. The van der Waals surface area contributed by atoms with E-state index in [2.05, 4.69) is 10.3 Å². The van der Waals surface area contributed by atoms with Gasteiger partial charge in [0.2, 0.25) is 5.91 Å². The van der Waals surface area contributed by atoms with Gasteiger partial charge in [0.25, 0.3) is 5.56 Å². The number of rotatable bonds is 4. The highest BCUT2D eigenvalue weighted by Crippen LogP contribution is 2.13. The van der Waals surface area contributed by atoms with Crippen molar-refractivity contribution < 1.29 is 13.6 Å². The molecule has 0 fully saturated rings. The van der Waals surface area contributed by atoms with Gasteiger partial charge in [0.05, 0.1) is 23.3 Å². The van der Waals surface area contributed by atoms with Crippen LogP contribution in [0, 0.1) is 11.6 Å². The van der Waals surface area contributed by atoms with Crippen LogP contribution >= 0.6 is 0 Å². The minimum Gasteiger partial charge on any atom is -0.348 e. The Kier molecular flexibility index (Phi) is 4.56. The lowest BCUT2D eigenvalue weighted by Crippen LogP contribution is -2.34. The van der Waals surface area contributed by atoms with Crippen LogP contribution in [0.2, 0.25) is 0 Å². The second kappa shape index (κ2) is 6.80. The van der Waals surface area contributed by atoms with Crippen LogP contribution < -0.4 is 10.9 Å². The van der Waals surface area contributed by atoms with E-state index in [4.69, 9.17) is 0 Å². The number of nitrogens with one attached hydrogen (secondary N) is 1. The normalized spacial score (nSPS) is 12.1. The molecule has 7 heteroatoms. The number of amides is 1. The van der Waals surface area contributed by atoms with Crippen LogP contribution in [0.4, 0.5) is 8.78 Å². The minimum absolute atomic E-state index is 0.113. The zero-order chi connectivity index (χ0) is 18.0. The number of fused-ring (bicyclic) bond motifs is 1. The molecule has 0 spiro atoms. The molecule has 0 saturated heterocycles. The number of carbonyl (C=O) groups excluding carboxylic acids is 1.